The topological polar surface area (TPSA) is 17.1 Å². The quantitative estimate of drug-likeness (QED) is 0.576. The van der Waals surface area contributed by atoms with Gasteiger partial charge in [-0.15, -0.1) is 11.8 Å². The molecule has 4 atom stereocenters. The molecule has 1 aliphatic carbocycles. The van der Waals surface area contributed by atoms with Gasteiger partial charge in [-0.3, -0.25) is 4.79 Å². The predicted octanol–water partition coefficient (Wildman–Crippen LogP) is 2.10. The van der Waals surface area contributed by atoms with E-state index in [1.165, 1.54) is 12.8 Å². The highest BCUT2D eigenvalue weighted by Gasteiger charge is 2.57. The van der Waals surface area contributed by atoms with E-state index in [9.17, 15) is 4.79 Å². The van der Waals surface area contributed by atoms with Crippen molar-refractivity contribution in [1.29, 1.82) is 0 Å². The standard InChI is InChI=1S/C8H8OS3/c9-7-5-3-1-2-4(11-7)6(5)8(10)12-3/h3-6H,1-2H2/t3-,4-,5?,6?/m1/s1. The summed E-state index contributed by atoms with van der Waals surface area (Å²) in [5, 5.41) is 1.50. The highest BCUT2D eigenvalue weighted by molar-refractivity contribution is 8.24. The van der Waals surface area contributed by atoms with E-state index in [-0.39, 0.29) is 0 Å². The Bertz CT molecular complexity index is 247. The normalized spacial score (nSPS) is 50.3. The van der Waals surface area contributed by atoms with E-state index < -0.39 is 0 Å². The Morgan fingerprint density at radius 3 is 2.50 bits per heavy atom. The Hall–Kier alpha value is 0.460. The fraction of sp³-hybridized carbons (Fsp3) is 0.750. The number of carbonyl (C=O) groups excluding carboxylic acids is 1. The average Bonchev–Trinajstić information content (AvgIpc) is 2.42. The molecule has 3 rings (SSSR count). The molecule has 4 heteroatoms. The Morgan fingerprint density at radius 1 is 1.17 bits per heavy atom. The molecule has 0 spiro atoms. The monoisotopic (exact) mass is 216 g/mol. The summed E-state index contributed by atoms with van der Waals surface area (Å²) in [7, 11) is 0. The predicted molar refractivity (Wildman–Crippen MR) is 56.6 cm³/mol. The second-order valence-corrected chi connectivity index (χ2v) is 6.80. The molecule has 3 fully saturated rings. The van der Waals surface area contributed by atoms with Crippen LogP contribution in [0.3, 0.4) is 0 Å². The molecule has 2 aliphatic heterocycles. The zero-order chi connectivity index (χ0) is 8.29. The van der Waals surface area contributed by atoms with Crippen LogP contribution in [-0.4, -0.2) is 19.8 Å². The van der Waals surface area contributed by atoms with Gasteiger partial charge >= 0.3 is 0 Å². The minimum atomic E-state index is 0.297. The fourth-order valence-electron chi connectivity index (χ4n) is 2.47. The van der Waals surface area contributed by atoms with Gasteiger partial charge < -0.3 is 0 Å². The van der Waals surface area contributed by atoms with Gasteiger partial charge in [-0.25, -0.2) is 0 Å². The van der Waals surface area contributed by atoms with Gasteiger partial charge in [0.15, 0.2) is 5.12 Å². The van der Waals surface area contributed by atoms with Crippen molar-refractivity contribution in [1.82, 2.24) is 0 Å². The second-order valence-electron chi connectivity index (χ2n) is 3.58. The minimum Gasteiger partial charge on any atom is -0.287 e. The van der Waals surface area contributed by atoms with Crippen LogP contribution in [-0.2, 0) is 4.79 Å². The number of hydrogen-bond acceptors (Lipinski definition) is 4. The van der Waals surface area contributed by atoms with Crippen molar-refractivity contribution in [3.8, 4) is 0 Å². The van der Waals surface area contributed by atoms with E-state index in [0.29, 0.717) is 27.5 Å². The molecular formula is C8H8OS3. The van der Waals surface area contributed by atoms with Crippen molar-refractivity contribution in [3.63, 3.8) is 0 Å². The average molecular weight is 216 g/mol. The molecule has 3 aliphatic rings. The van der Waals surface area contributed by atoms with Crippen LogP contribution in [0.5, 0.6) is 0 Å². The Balaban J connectivity index is 2.08. The van der Waals surface area contributed by atoms with Gasteiger partial charge in [-0.1, -0.05) is 24.0 Å². The maximum absolute atomic E-state index is 11.6. The molecule has 2 unspecified atom stereocenters. The molecule has 0 aromatic heterocycles. The molecule has 2 heterocycles. The molecule has 12 heavy (non-hydrogen) atoms. The lowest BCUT2D eigenvalue weighted by atomic mass is 9.81. The number of thiocarbonyl (C=S) groups is 1. The zero-order valence-corrected chi connectivity index (χ0v) is 8.81. The van der Waals surface area contributed by atoms with Gasteiger partial charge in [0.05, 0.1) is 4.20 Å². The van der Waals surface area contributed by atoms with Crippen molar-refractivity contribution in [2.75, 3.05) is 0 Å². The summed E-state index contributed by atoms with van der Waals surface area (Å²) >= 11 is 8.66. The SMILES string of the molecule is O=C1S[C@@H]2CC[C@H]3SC(=S)C2C13. The summed E-state index contributed by atoms with van der Waals surface area (Å²) in [6, 6.07) is 0. The molecule has 0 radical (unpaired) electrons. The van der Waals surface area contributed by atoms with Crippen LogP contribution in [0.15, 0.2) is 0 Å². The van der Waals surface area contributed by atoms with Gasteiger partial charge in [-0.2, -0.15) is 0 Å². The zero-order valence-electron chi connectivity index (χ0n) is 6.36. The van der Waals surface area contributed by atoms with Crippen LogP contribution in [0.1, 0.15) is 12.8 Å². The first-order chi connectivity index (χ1) is 5.77. The van der Waals surface area contributed by atoms with Crippen molar-refractivity contribution < 1.29 is 4.79 Å². The first kappa shape index (κ1) is 7.83. The van der Waals surface area contributed by atoms with Crippen LogP contribution < -0.4 is 0 Å². The Morgan fingerprint density at radius 2 is 1.83 bits per heavy atom. The molecule has 0 aromatic carbocycles. The molecule has 0 aromatic rings. The molecule has 4 bridgehead atoms. The maximum atomic E-state index is 11.6. The number of carbonyl (C=O) groups is 1. The number of hydrogen-bond donors (Lipinski definition) is 0. The third-order valence-corrected chi connectivity index (χ3v) is 6.24. The van der Waals surface area contributed by atoms with Crippen LogP contribution in [0.4, 0.5) is 0 Å². The van der Waals surface area contributed by atoms with E-state index in [2.05, 4.69) is 0 Å². The molecule has 64 valence electrons. The highest BCUT2D eigenvalue weighted by Crippen LogP contribution is 2.58. The lowest BCUT2D eigenvalue weighted by molar-refractivity contribution is -0.114. The van der Waals surface area contributed by atoms with E-state index in [0.717, 1.165) is 4.20 Å². The van der Waals surface area contributed by atoms with E-state index in [4.69, 9.17) is 12.2 Å². The van der Waals surface area contributed by atoms with Crippen molar-refractivity contribution >= 4 is 45.1 Å². The Labute approximate surface area is 85.0 Å². The molecule has 1 saturated carbocycles. The number of thioether (sulfide) groups is 2. The van der Waals surface area contributed by atoms with E-state index in [1.54, 1.807) is 23.5 Å². The molecular weight excluding hydrogens is 208 g/mol. The van der Waals surface area contributed by atoms with Gasteiger partial charge in [0.25, 0.3) is 0 Å². The molecule has 1 nitrogen and oxygen atoms in total. The molecule has 0 N–H and O–H groups in total. The summed E-state index contributed by atoms with van der Waals surface area (Å²) in [5.74, 6) is 0.757. The lowest BCUT2D eigenvalue weighted by Gasteiger charge is -2.22. The van der Waals surface area contributed by atoms with E-state index >= 15 is 0 Å². The van der Waals surface area contributed by atoms with Crippen molar-refractivity contribution in [2.24, 2.45) is 11.8 Å². The van der Waals surface area contributed by atoms with Crippen molar-refractivity contribution in [2.45, 2.75) is 23.3 Å². The number of rotatable bonds is 0. The molecule has 0 amide bonds. The summed E-state index contributed by atoms with van der Waals surface area (Å²) < 4.78 is 1.12. The van der Waals surface area contributed by atoms with Crippen LogP contribution >= 0.6 is 35.7 Å². The summed E-state index contributed by atoms with van der Waals surface area (Å²) in [6.07, 6.45) is 2.41. The van der Waals surface area contributed by atoms with Gasteiger partial charge in [0, 0.05) is 22.3 Å². The third kappa shape index (κ3) is 0.836. The minimum absolute atomic E-state index is 0.297. The fourth-order valence-corrected chi connectivity index (χ4v) is 6.34. The first-order valence-corrected chi connectivity index (χ1v) is 6.35. The maximum Gasteiger partial charge on any atom is 0.194 e. The Kier molecular flexibility index (Phi) is 1.62. The van der Waals surface area contributed by atoms with Crippen LogP contribution in [0.25, 0.3) is 0 Å². The van der Waals surface area contributed by atoms with Gasteiger partial charge in [0.2, 0.25) is 0 Å². The lowest BCUT2D eigenvalue weighted by Crippen LogP contribution is -2.29. The highest BCUT2D eigenvalue weighted by atomic mass is 32.2. The van der Waals surface area contributed by atoms with Crippen LogP contribution in [0, 0.1) is 11.8 Å². The third-order valence-electron chi connectivity index (χ3n) is 3.00. The summed E-state index contributed by atoms with van der Waals surface area (Å²) in [4.78, 5) is 11.6. The largest absolute Gasteiger partial charge is 0.287 e. The van der Waals surface area contributed by atoms with Gasteiger partial charge in [-0.05, 0) is 12.8 Å². The van der Waals surface area contributed by atoms with Crippen molar-refractivity contribution in [3.05, 3.63) is 0 Å². The molecule has 2 saturated heterocycles. The van der Waals surface area contributed by atoms with Crippen LogP contribution in [0.2, 0.25) is 0 Å². The second kappa shape index (κ2) is 2.49. The van der Waals surface area contributed by atoms with Gasteiger partial charge in [0.1, 0.15) is 0 Å². The summed E-state index contributed by atoms with van der Waals surface area (Å²) in [5.41, 5.74) is 0. The van der Waals surface area contributed by atoms with E-state index in [1.807, 2.05) is 0 Å². The summed E-state index contributed by atoms with van der Waals surface area (Å²) in [6.45, 7) is 0. The smallest absolute Gasteiger partial charge is 0.194 e. The first-order valence-electron chi connectivity index (χ1n) is 4.18.